The molecule has 2 aliphatic rings. The number of benzene rings is 1. The fraction of sp³-hybridized carbons (Fsp3) is 0.478. The highest BCUT2D eigenvalue weighted by atomic mass is 32.1. The number of carboxylic acid groups (broad SMARTS) is 1. The fourth-order valence-electron chi connectivity index (χ4n) is 5.12. The summed E-state index contributed by atoms with van der Waals surface area (Å²) in [5.41, 5.74) is 0.565. The highest BCUT2D eigenvalue weighted by molar-refractivity contribution is 7.17. The number of carboxylic acids is 1. The smallest absolute Gasteiger partial charge is 0.303 e. The van der Waals surface area contributed by atoms with Gasteiger partial charge in [-0.25, -0.2) is 4.39 Å². The van der Waals surface area contributed by atoms with Gasteiger partial charge in [0, 0.05) is 27.9 Å². The van der Waals surface area contributed by atoms with E-state index in [1.807, 2.05) is 5.38 Å². The third-order valence-electron chi connectivity index (χ3n) is 6.50. The first-order valence-electron chi connectivity index (χ1n) is 10.4. The van der Waals surface area contributed by atoms with E-state index in [2.05, 4.69) is 17.5 Å². The van der Waals surface area contributed by atoms with Gasteiger partial charge in [0.1, 0.15) is 5.82 Å². The van der Waals surface area contributed by atoms with Crippen LogP contribution in [0.1, 0.15) is 55.3 Å². The molecule has 29 heavy (non-hydrogen) atoms. The molecule has 1 amide bonds. The number of amides is 1. The van der Waals surface area contributed by atoms with Crippen molar-refractivity contribution < 1.29 is 19.1 Å². The lowest BCUT2D eigenvalue weighted by molar-refractivity contribution is -0.137. The average Bonchev–Trinajstić information content (AvgIpc) is 3.39. The molecule has 2 saturated carbocycles. The third kappa shape index (κ3) is 4.37. The Hall–Kier alpha value is -2.21. The summed E-state index contributed by atoms with van der Waals surface area (Å²) in [4.78, 5) is 23.6. The molecular formula is C23H26FNO3S. The number of hydrogen-bond acceptors (Lipinski definition) is 3. The van der Waals surface area contributed by atoms with Crippen molar-refractivity contribution in [2.45, 2.75) is 51.0 Å². The largest absolute Gasteiger partial charge is 0.481 e. The van der Waals surface area contributed by atoms with Gasteiger partial charge in [-0.3, -0.25) is 9.59 Å². The molecule has 0 spiro atoms. The first kappa shape index (κ1) is 20.1. The van der Waals surface area contributed by atoms with Crippen LogP contribution in [0.3, 0.4) is 0 Å². The molecule has 4 unspecified atom stereocenters. The molecule has 2 aliphatic carbocycles. The van der Waals surface area contributed by atoms with Crippen LogP contribution in [0.15, 0.2) is 35.7 Å². The average molecular weight is 416 g/mol. The Balaban J connectivity index is 1.41. The quantitative estimate of drug-likeness (QED) is 0.449. The minimum absolute atomic E-state index is 0.102. The first-order chi connectivity index (χ1) is 14.0. The summed E-state index contributed by atoms with van der Waals surface area (Å²) in [5.74, 6) is 0.414. The van der Waals surface area contributed by atoms with E-state index < -0.39 is 5.97 Å². The fourth-order valence-corrected chi connectivity index (χ4v) is 6.04. The summed E-state index contributed by atoms with van der Waals surface area (Å²) >= 11 is 1.47. The number of aliphatic carboxylic acids is 1. The van der Waals surface area contributed by atoms with Crippen LogP contribution in [0, 0.1) is 23.6 Å². The van der Waals surface area contributed by atoms with E-state index >= 15 is 0 Å². The van der Waals surface area contributed by atoms with Gasteiger partial charge in [-0.15, -0.1) is 11.3 Å². The second-order valence-corrected chi connectivity index (χ2v) is 9.19. The van der Waals surface area contributed by atoms with E-state index in [1.54, 1.807) is 6.07 Å². The molecule has 1 heterocycles. The van der Waals surface area contributed by atoms with Crippen molar-refractivity contribution in [2.24, 2.45) is 17.8 Å². The van der Waals surface area contributed by atoms with Crippen molar-refractivity contribution in [1.29, 1.82) is 0 Å². The van der Waals surface area contributed by atoms with Gasteiger partial charge >= 0.3 is 5.97 Å². The molecule has 4 rings (SSSR count). The van der Waals surface area contributed by atoms with Crippen LogP contribution in [0.25, 0.3) is 10.1 Å². The number of carbonyl (C=O) groups excluding carboxylic acids is 1. The number of thiophene rings is 1. The Kier molecular flexibility index (Phi) is 5.99. The van der Waals surface area contributed by atoms with Crippen molar-refractivity contribution in [3.8, 4) is 0 Å². The number of allylic oxidation sites excluding steroid dienone is 2. The second kappa shape index (κ2) is 8.66. The van der Waals surface area contributed by atoms with E-state index in [-0.39, 0.29) is 24.2 Å². The van der Waals surface area contributed by atoms with E-state index in [4.69, 9.17) is 5.11 Å². The molecule has 2 fully saturated rings. The van der Waals surface area contributed by atoms with E-state index in [9.17, 15) is 14.0 Å². The maximum atomic E-state index is 13.7. The molecule has 154 valence electrons. The molecular weight excluding hydrogens is 389 g/mol. The maximum absolute atomic E-state index is 13.7. The molecule has 0 aliphatic heterocycles. The summed E-state index contributed by atoms with van der Waals surface area (Å²) in [6.45, 7) is 0. The summed E-state index contributed by atoms with van der Waals surface area (Å²) in [5, 5.41) is 14.5. The molecule has 0 saturated heterocycles. The SMILES string of the molecule is O=C(O)CCC/C=C\CC1C2CCC(C2)C1NC(=O)c1csc2ccc(F)cc12. The molecule has 2 N–H and O–H groups in total. The second-order valence-electron chi connectivity index (χ2n) is 8.28. The van der Waals surface area contributed by atoms with Crippen molar-refractivity contribution in [3.63, 3.8) is 0 Å². The van der Waals surface area contributed by atoms with Crippen LogP contribution < -0.4 is 5.32 Å². The number of halogens is 1. The molecule has 6 heteroatoms. The predicted octanol–water partition coefficient (Wildman–Crippen LogP) is 5.39. The maximum Gasteiger partial charge on any atom is 0.303 e. The van der Waals surface area contributed by atoms with Crippen molar-refractivity contribution in [3.05, 3.63) is 47.1 Å². The van der Waals surface area contributed by atoms with Gasteiger partial charge in [-0.2, -0.15) is 0 Å². The van der Waals surface area contributed by atoms with Crippen molar-refractivity contribution in [2.75, 3.05) is 0 Å². The lowest BCUT2D eigenvalue weighted by atomic mass is 9.82. The highest BCUT2D eigenvalue weighted by Crippen LogP contribution is 2.50. The number of nitrogens with one attached hydrogen (secondary N) is 1. The molecule has 1 aromatic heterocycles. The Labute approximate surface area is 173 Å². The highest BCUT2D eigenvalue weighted by Gasteiger charge is 2.47. The monoisotopic (exact) mass is 415 g/mol. The third-order valence-corrected chi connectivity index (χ3v) is 7.47. The normalized spacial score (nSPS) is 25.8. The minimum atomic E-state index is -0.755. The Morgan fingerprint density at radius 2 is 2.07 bits per heavy atom. The first-order valence-corrected chi connectivity index (χ1v) is 11.3. The zero-order chi connectivity index (χ0) is 20.4. The van der Waals surface area contributed by atoms with Gasteiger partial charge in [0.05, 0.1) is 5.56 Å². The molecule has 4 atom stereocenters. The van der Waals surface area contributed by atoms with E-state index in [1.165, 1.54) is 36.3 Å². The topological polar surface area (TPSA) is 66.4 Å². The number of carbonyl (C=O) groups is 2. The van der Waals surface area contributed by atoms with Crippen LogP contribution >= 0.6 is 11.3 Å². The predicted molar refractivity (Wildman–Crippen MR) is 113 cm³/mol. The minimum Gasteiger partial charge on any atom is -0.481 e. The summed E-state index contributed by atoms with van der Waals surface area (Å²) in [7, 11) is 0. The van der Waals surface area contributed by atoms with Gasteiger partial charge in [-0.05, 0) is 74.5 Å². The van der Waals surface area contributed by atoms with Gasteiger partial charge < -0.3 is 10.4 Å². The number of fused-ring (bicyclic) bond motifs is 3. The zero-order valence-electron chi connectivity index (χ0n) is 16.3. The number of hydrogen-bond donors (Lipinski definition) is 2. The van der Waals surface area contributed by atoms with Crippen LogP contribution in [0.2, 0.25) is 0 Å². The lowest BCUT2D eigenvalue weighted by Gasteiger charge is -2.31. The number of rotatable bonds is 8. The molecule has 1 aromatic carbocycles. The summed E-state index contributed by atoms with van der Waals surface area (Å²) < 4.78 is 14.6. The van der Waals surface area contributed by atoms with Crippen LogP contribution in [-0.2, 0) is 4.79 Å². The van der Waals surface area contributed by atoms with E-state index in [0.717, 1.165) is 24.0 Å². The standard InChI is InChI=1S/C23H26FNO3S/c24-16-9-10-20-18(12-16)19(13-29-20)23(28)25-22-15-8-7-14(11-15)17(22)5-3-1-2-4-6-21(26)27/h1,3,9-10,12-15,17,22H,2,4-8,11H2,(H,25,28)(H,26,27)/b3-1-. The summed E-state index contributed by atoms with van der Waals surface area (Å²) in [6.07, 6.45) is 10.3. The van der Waals surface area contributed by atoms with Gasteiger partial charge in [-0.1, -0.05) is 12.2 Å². The van der Waals surface area contributed by atoms with Crippen LogP contribution in [0.4, 0.5) is 4.39 Å². The Bertz CT molecular complexity index is 937. The van der Waals surface area contributed by atoms with Crippen LogP contribution in [0.5, 0.6) is 0 Å². The van der Waals surface area contributed by atoms with E-state index in [0.29, 0.717) is 35.1 Å². The molecule has 2 aromatic rings. The van der Waals surface area contributed by atoms with Crippen LogP contribution in [-0.4, -0.2) is 23.0 Å². The zero-order valence-corrected chi connectivity index (χ0v) is 17.1. The van der Waals surface area contributed by atoms with Crippen molar-refractivity contribution in [1.82, 2.24) is 5.32 Å². The van der Waals surface area contributed by atoms with Gasteiger partial charge in [0.15, 0.2) is 0 Å². The van der Waals surface area contributed by atoms with Gasteiger partial charge in [0.25, 0.3) is 5.91 Å². The Morgan fingerprint density at radius 1 is 1.24 bits per heavy atom. The number of unbranched alkanes of at least 4 members (excludes halogenated alkanes) is 1. The van der Waals surface area contributed by atoms with Gasteiger partial charge in [0.2, 0.25) is 0 Å². The molecule has 2 bridgehead atoms. The van der Waals surface area contributed by atoms with Crippen molar-refractivity contribution >= 4 is 33.3 Å². The Morgan fingerprint density at radius 3 is 2.90 bits per heavy atom. The molecule has 4 nitrogen and oxygen atoms in total. The molecule has 0 radical (unpaired) electrons. The lowest BCUT2D eigenvalue weighted by Crippen LogP contribution is -2.43. The summed E-state index contributed by atoms with van der Waals surface area (Å²) in [6, 6.07) is 4.75.